The van der Waals surface area contributed by atoms with Gasteiger partial charge >= 0.3 is 11.9 Å². The highest BCUT2D eigenvalue weighted by atomic mass is 127. The Bertz CT molecular complexity index is 157. The molecule has 0 unspecified atom stereocenters. The van der Waals surface area contributed by atoms with Crippen molar-refractivity contribution in [1.29, 1.82) is 0 Å². The van der Waals surface area contributed by atoms with Crippen LogP contribution in [0.25, 0.3) is 0 Å². The molecule has 0 aliphatic rings. The number of ether oxygens (including phenoxy) is 2. The summed E-state index contributed by atoms with van der Waals surface area (Å²) in [6.07, 6.45) is 0. The highest BCUT2D eigenvalue weighted by Crippen LogP contribution is 2.20. The predicted octanol–water partition coefficient (Wildman–Crippen LogP) is 0.526. The molecule has 0 saturated heterocycles. The molecule has 64 valence electrons. The molecule has 0 N–H and O–H groups in total. The van der Waals surface area contributed by atoms with E-state index in [0.717, 1.165) is 0 Å². The number of rotatable bonds is 2. The van der Waals surface area contributed by atoms with Crippen molar-refractivity contribution < 1.29 is 19.1 Å². The first kappa shape index (κ1) is 10.7. The molecular weight excluding hydrogens is 263 g/mol. The molecule has 0 saturated carbocycles. The average Bonchev–Trinajstić information content (AvgIpc) is 2.01. The summed E-state index contributed by atoms with van der Waals surface area (Å²) in [5, 5.41) is 0. The molecule has 0 rings (SSSR count). The van der Waals surface area contributed by atoms with E-state index in [0.29, 0.717) is 0 Å². The second-order valence-corrected chi connectivity index (χ2v) is 4.14. The van der Waals surface area contributed by atoms with Crippen LogP contribution in [0.1, 0.15) is 6.92 Å². The third-order valence-electron chi connectivity index (χ3n) is 1.14. The lowest BCUT2D eigenvalue weighted by atomic mass is 10.2. The molecule has 0 radical (unpaired) electrons. The second-order valence-electron chi connectivity index (χ2n) is 1.99. The van der Waals surface area contributed by atoms with Crippen LogP contribution in [-0.2, 0) is 19.1 Å². The largest absolute Gasteiger partial charge is 0.468 e. The minimum absolute atomic E-state index is 0.607. The van der Waals surface area contributed by atoms with Gasteiger partial charge in [-0.25, -0.2) is 9.59 Å². The van der Waals surface area contributed by atoms with E-state index in [9.17, 15) is 9.59 Å². The standard InChI is InChI=1S/C6H9IO4/c1-6(7,4(8)10-2)5(9)11-3/h1-3H3. The maximum Gasteiger partial charge on any atom is 0.333 e. The van der Waals surface area contributed by atoms with Crippen LogP contribution in [0, 0.1) is 0 Å². The molecular formula is C6H9IO4. The summed E-state index contributed by atoms with van der Waals surface area (Å²) in [7, 11) is 2.45. The number of alkyl halides is 1. The van der Waals surface area contributed by atoms with Crippen molar-refractivity contribution in [3.05, 3.63) is 0 Å². The SMILES string of the molecule is COC(=O)C(C)(I)C(=O)OC. The van der Waals surface area contributed by atoms with Crippen LogP contribution in [0.3, 0.4) is 0 Å². The topological polar surface area (TPSA) is 52.6 Å². The van der Waals surface area contributed by atoms with Crippen LogP contribution in [-0.4, -0.2) is 29.6 Å². The second kappa shape index (κ2) is 3.89. The molecule has 0 fully saturated rings. The molecule has 0 aromatic carbocycles. The Morgan fingerprint density at radius 3 is 1.64 bits per heavy atom. The minimum Gasteiger partial charge on any atom is -0.468 e. The normalized spacial score (nSPS) is 10.5. The van der Waals surface area contributed by atoms with Crippen LogP contribution < -0.4 is 0 Å². The summed E-state index contributed by atoms with van der Waals surface area (Å²) in [4.78, 5) is 21.8. The summed E-state index contributed by atoms with van der Waals surface area (Å²) >= 11 is 1.68. The molecule has 0 spiro atoms. The predicted molar refractivity (Wildman–Crippen MR) is 46.5 cm³/mol. The number of carbonyl (C=O) groups excluding carboxylic acids is 2. The fourth-order valence-electron chi connectivity index (χ4n) is 0.467. The van der Waals surface area contributed by atoms with Gasteiger partial charge < -0.3 is 9.47 Å². The van der Waals surface area contributed by atoms with Crippen molar-refractivity contribution in [1.82, 2.24) is 0 Å². The molecule has 0 amide bonds. The molecule has 0 aliphatic carbocycles. The summed E-state index contributed by atoms with van der Waals surface area (Å²) < 4.78 is 7.55. The summed E-state index contributed by atoms with van der Waals surface area (Å²) in [6.45, 7) is 1.44. The molecule has 0 atom stereocenters. The van der Waals surface area contributed by atoms with Crippen molar-refractivity contribution in [2.24, 2.45) is 0 Å². The zero-order chi connectivity index (χ0) is 9.07. The van der Waals surface area contributed by atoms with Gasteiger partial charge in [0, 0.05) is 0 Å². The van der Waals surface area contributed by atoms with Gasteiger partial charge in [0.25, 0.3) is 0 Å². The third-order valence-corrected chi connectivity index (χ3v) is 2.02. The van der Waals surface area contributed by atoms with E-state index in [1.54, 1.807) is 22.6 Å². The van der Waals surface area contributed by atoms with Gasteiger partial charge in [0.1, 0.15) is 0 Å². The molecule has 0 heterocycles. The van der Waals surface area contributed by atoms with Crippen LogP contribution in [0.2, 0.25) is 0 Å². The van der Waals surface area contributed by atoms with E-state index in [-0.39, 0.29) is 0 Å². The fraction of sp³-hybridized carbons (Fsp3) is 0.667. The van der Waals surface area contributed by atoms with Crippen molar-refractivity contribution in [2.45, 2.75) is 10.3 Å². The smallest absolute Gasteiger partial charge is 0.333 e. The van der Waals surface area contributed by atoms with Crippen molar-refractivity contribution in [3.8, 4) is 0 Å². The number of methoxy groups -OCH3 is 2. The van der Waals surface area contributed by atoms with Gasteiger partial charge in [0.2, 0.25) is 3.42 Å². The van der Waals surface area contributed by atoms with Crippen LogP contribution in [0.4, 0.5) is 0 Å². The molecule has 0 bridgehead atoms. The third kappa shape index (κ3) is 2.32. The maximum absolute atomic E-state index is 10.9. The maximum atomic E-state index is 10.9. The quantitative estimate of drug-likeness (QED) is 0.318. The minimum atomic E-state index is -1.23. The highest BCUT2D eigenvalue weighted by molar-refractivity contribution is 14.1. The van der Waals surface area contributed by atoms with Crippen LogP contribution in [0.5, 0.6) is 0 Å². The fourth-order valence-corrected chi connectivity index (χ4v) is 0.907. The van der Waals surface area contributed by atoms with E-state index in [2.05, 4.69) is 9.47 Å². The molecule has 11 heavy (non-hydrogen) atoms. The first-order valence-electron chi connectivity index (χ1n) is 2.82. The van der Waals surface area contributed by atoms with Crippen molar-refractivity contribution in [2.75, 3.05) is 14.2 Å². The monoisotopic (exact) mass is 272 g/mol. The first-order valence-corrected chi connectivity index (χ1v) is 3.90. The summed E-state index contributed by atoms with van der Waals surface area (Å²) in [5.41, 5.74) is 0. The average molecular weight is 272 g/mol. The summed E-state index contributed by atoms with van der Waals surface area (Å²) in [6, 6.07) is 0. The van der Waals surface area contributed by atoms with E-state index in [1.165, 1.54) is 21.1 Å². The summed E-state index contributed by atoms with van der Waals surface area (Å²) in [5.74, 6) is -1.21. The van der Waals surface area contributed by atoms with Crippen molar-refractivity contribution >= 4 is 34.5 Å². The number of hydrogen-bond donors (Lipinski definition) is 0. The van der Waals surface area contributed by atoms with Gasteiger partial charge in [-0.15, -0.1) is 0 Å². The Kier molecular flexibility index (Phi) is 3.77. The molecule has 0 aliphatic heterocycles. The van der Waals surface area contributed by atoms with E-state index < -0.39 is 15.4 Å². The van der Waals surface area contributed by atoms with Crippen LogP contribution >= 0.6 is 22.6 Å². The molecule has 5 heteroatoms. The van der Waals surface area contributed by atoms with E-state index in [1.807, 2.05) is 0 Å². The van der Waals surface area contributed by atoms with Gasteiger partial charge in [0.15, 0.2) is 0 Å². The zero-order valence-corrected chi connectivity index (χ0v) is 8.67. The highest BCUT2D eigenvalue weighted by Gasteiger charge is 2.40. The molecule has 0 aromatic heterocycles. The van der Waals surface area contributed by atoms with Gasteiger partial charge in [-0.1, -0.05) is 22.6 Å². The number of hydrogen-bond acceptors (Lipinski definition) is 4. The van der Waals surface area contributed by atoms with E-state index in [4.69, 9.17) is 0 Å². The van der Waals surface area contributed by atoms with Crippen molar-refractivity contribution in [3.63, 3.8) is 0 Å². The Labute approximate surface area is 78.4 Å². The Morgan fingerprint density at radius 1 is 1.18 bits per heavy atom. The molecule has 4 nitrogen and oxygen atoms in total. The zero-order valence-electron chi connectivity index (χ0n) is 6.51. The number of carbonyl (C=O) groups is 2. The number of esters is 2. The van der Waals surface area contributed by atoms with Crippen LogP contribution in [0.15, 0.2) is 0 Å². The van der Waals surface area contributed by atoms with E-state index >= 15 is 0 Å². The van der Waals surface area contributed by atoms with Gasteiger partial charge in [-0.3, -0.25) is 0 Å². The lowest BCUT2D eigenvalue weighted by Gasteiger charge is -2.15. The number of halogens is 1. The van der Waals surface area contributed by atoms with Gasteiger partial charge in [-0.2, -0.15) is 0 Å². The first-order chi connectivity index (χ1) is 4.96. The lowest BCUT2D eigenvalue weighted by Crippen LogP contribution is -2.39. The Balaban J connectivity index is 4.44. The van der Waals surface area contributed by atoms with Gasteiger partial charge in [0.05, 0.1) is 14.2 Å². The molecule has 0 aromatic rings. The lowest BCUT2D eigenvalue weighted by molar-refractivity contribution is -0.154. The van der Waals surface area contributed by atoms with Gasteiger partial charge in [-0.05, 0) is 6.92 Å². The Hall–Kier alpha value is -0.330. The Morgan fingerprint density at radius 2 is 1.45 bits per heavy atom.